The third kappa shape index (κ3) is 2.30. The molecule has 1 atom stereocenters. The molecule has 0 radical (unpaired) electrons. The average molecular weight is 292 g/mol. The van der Waals surface area contributed by atoms with Gasteiger partial charge >= 0.3 is 0 Å². The standard InChI is InChI=1S/C14H13FN2S2/c1-8-4-5-18-14(8)13(17-16)12-7-9-6-10(15)2-3-11(9)19-12/h2-7,13,17H,16H2,1H3. The Balaban J connectivity index is 2.09. The lowest BCUT2D eigenvalue weighted by atomic mass is 10.1. The maximum Gasteiger partial charge on any atom is 0.123 e. The molecular formula is C14H13FN2S2. The molecule has 2 aromatic heterocycles. The van der Waals surface area contributed by atoms with Crippen molar-refractivity contribution in [1.82, 2.24) is 5.43 Å². The van der Waals surface area contributed by atoms with Crippen LogP contribution in [0.3, 0.4) is 0 Å². The monoisotopic (exact) mass is 292 g/mol. The molecule has 3 N–H and O–H groups in total. The second-order valence-corrected chi connectivity index (χ2v) is 6.46. The Hall–Kier alpha value is -1.27. The van der Waals surface area contributed by atoms with E-state index < -0.39 is 0 Å². The molecule has 3 aromatic rings. The van der Waals surface area contributed by atoms with Crippen molar-refractivity contribution in [3.05, 3.63) is 56.8 Å². The fourth-order valence-electron chi connectivity index (χ4n) is 2.14. The van der Waals surface area contributed by atoms with E-state index in [1.165, 1.54) is 16.5 Å². The Kier molecular flexibility index (Phi) is 3.36. The fraction of sp³-hybridized carbons (Fsp3) is 0.143. The Morgan fingerprint density at radius 3 is 2.79 bits per heavy atom. The first-order valence-electron chi connectivity index (χ1n) is 5.88. The summed E-state index contributed by atoms with van der Waals surface area (Å²) in [7, 11) is 0. The van der Waals surface area contributed by atoms with Crippen molar-refractivity contribution in [1.29, 1.82) is 0 Å². The summed E-state index contributed by atoms with van der Waals surface area (Å²) in [5, 5.41) is 2.98. The lowest BCUT2D eigenvalue weighted by molar-refractivity contribution is 0.630. The number of hydrazine groups is 1. The van der Waals surface area contributed by atoms with Gasteiger partial charge in [0.15, 0.2) is 0 Å². The molecule has 98 valence electrons. The molecule has 19 heavy (non-hydrogen) atoms. The molecule has 0 amide bonds. The number of fused-ring (bicyclic) bond motifs is 1. The number of nitrogens with two attached hydrogens (primary N) is 1. The number of halogens is 1. The van der Waals surface area contributed by atoms with Gasteiger partial charge in [-0.2, -0.15) is 0 Å². The van der Waals surface area contributed by atoms with Crippen molar-refractivity contribution in [2.45, 2.75) is 13.0 Å². The lowest BCUT2D eigenvalue weighted by Gasteiger charge is -2.13. The van der Waals surface area contributed by atoms with Crippen molar-refractivity contribution >= 4 is 32.8 Å². The largest absolute Gasteiger partial charge is 0.271 e. The summed E-state index contributed by atoms with van der Waals surface area (Å²) >= 11 is 3.32. The van der Waals surface area contributed by atoms with Crippen molar-refractivity contribution in [3.63, 3.8) is 0 Å². The third-order valence-electron chi connectivity index (χ3n) is 3.11. The number of rotatable bonds is 3. The van der Waals surface area contributed by atoms with E-state index in [1.807, 2.05) is 12.1 Å². The number of nitrogens with one attached hydrogen (secondary N) is 1. The molecule has 0 aliphatic carbocycles. The molecule has 1 unspecified atom stereocenters. The Bertz CT molecular complexity index is 717. The minimum atomic E-state index is -0.207. The Labute approximate surface area is 118 Å². The van der Waals surface area contributed by atoms with Crippen LogP contribution in [0.25, 0.3) is 10.1 Å². The summed E-state index contributed by atoms with van der Waals surface area (Å²) < 4.78 is 14.3. The van der Waals surface area contributed by atoms with Gasteiger partial charge in [-0.15, -0.1) is 22.7 Å². The number of hydrogen-bond acceptors (Lipinski definition) is 4. The van der Waals surface area contributed by atoms with Gasteiger partial charge in [0.25, 0.3) is 0 Å². The summed E-state index contributed by atoms with van der Waals surface area (Å²) in [6.45, 7) is 2.07. The van der Waals surface area contributed by atoms with Crippen molar-refractivity contribution < 1.29 is 4.39 Å². The smallest absolute Gasteiger partial charge is 0.123 e. The van der Waals surface area contributed by atoms with Gasteiger partial charge in [-0.05, 0) is 53.6 Å². The van der Waals surface area contributed by atoms with Crippen LogP contribution in [0.1, 0.15) is 21.4 Å². The van der Waals surface area contributed by atoms with Gasteiger partial charge in [0.05, 0.1) is 6.04 Å². The molecule has 5 heteroatoms. The molecule has 1 aromatic carbocycles. The SMILES string of the molecule is Cc1ccsc1C(NN)c1cc2cc(F)ccc2s1. The normalized spacial score (nSPS) is 13.0. The molecule has 0 spiro atoms. The van der Waals surface area contributed by atoms with Crippen LogP contribution in [0.4, 0.5) is 4.39 Å². The zero-order valence-corrected chi connectivity index (χ0v) is 11.9. The molecular weight excluding hydrogens is 279 g/mol. The first-order valence-corrected chi connectivity index (χ1v) is 7.58. The molecule has 2 nitrogen and oxygen atoms in total. The number of thiophene rings is 2. The van der Waals surface area contributed by atoms with Crippen LogP contribution in [0, 0.1) is 12.7 Å². The molecule has 0 aliphatic rings. The summed E-state index contributed by atoms with van der Waals surface area (Å²) in [6, 6.07) is 8.92. The lowest BCUT2D eigenvalue weighted by Crippen LogP contribution is -2.27. The van der Waals surface area contributed by atoms with Gasteiger partial charge in [0, 0.05) is 14.5 Å². The summed E-state index contributed by atoms with van der Waals surface area (Å²) in [6.07, 6.45) is 0. The number of hydrogen-bond donors (Lipinski definition) is 2. The van der Waals surface area contributed by atoms with E-state index in [1.54, 1.807) is 28.7 Å². The van der Waals surface area contributed by atoms with Crippen LogP contribution >= 0.6 is 22.7 Å². The van der Waals surface area contributed by atoms with E-state index in [0.717, 1.165) is 15.0 Å². The predicted octanol–water partition coefficient (Wildman–Crippen LogP) is 3.96. The average Bonchev–Trinajstić information content (AvgIpc) is 2.97. The second kappa shape index (κ2) is 5.02. The predicted molar refractivity (Wildman–Crippen MR) is 80.0 cm³/mol. The van der Waals surface area contributed by atoms with Crippen LogP contribution < -0.4 is 11.3 Å². The minimum Gasteiger partial charge on any atom is -0.271 e. The van der Waals surface area contributed by atoms with Gasteiger partial charge < -0.3 is 0 Å². The zero-order valence-electron chi connectivity index (χ0n) is 10.3. The quantitative estimate of drug-likeness (QED) is 0.566. The number of benzene rings is 1. The van der Waals surface area contributed by atoms with Crippen LogP contribution in [0.5, 0.6) is 0 Å². The van der Waals surface area contributed by atoms with E-state index in [-0.39, 0.29) is 11.9 Å². The highest BCUT2D eigenvalue weighted by molar-refractivity contribution is 7.19. The second-order valence-electron chi connectivity index (χ2n) is 4.40. The molecule has 0 aliphatic heterocycles. The van der Waals surface area contributed by atoms with E-state index in [9.17, 15) is 4.39 Å². The van der Waals surface area contributed by atoms with Crippen molar-refractivity contribution in [2.75, 3.05) is 0 Å². The molecule has 0 saturated carbocycles. The maximum absolute atomic E-state index is 13.2. The van der Waals surface area contributed by atoms with E-state index in [0.29, 0.717) is 0 Å². The molecule has 2 heterocycles. The van der Waals surface area contributed by atoms with Crippen LogP contribution in [0.15, 0.2) is 35.7 Å². The summed E-state index contributed by atoms with van der Waals surface area (Å²) in [5.74, 6) is 5.50. The van der Waals surface area contributed by atoms with Crippen molar-refractivity contribution in [3.8, 4) is 0 Å². The molecule has 0 fully saturated rings. The van der Waals surface area contributed by atoms with Crippen molar-refractivity contribution in [2.24, 2.45) is 5.84 Å². The maximum atomic E-state index is 13.2. The zero-order chi connectivity index (χ0) is 13.4. The van der Waals surface area contributed by atoms with Crippen LogP contribution in [-0.2, 0) is 0 Å². The van der Waals surface area contributed by atoms with Gasteiger partial charge in [-0.3, -0.25) is 5.84 Å². The van der Waals surface area contributed by atoms with Crippen LogP contribution in [-0.4, -0.2) is 0 Å². The number of aryl methyl sites for hydroxylation is 1. The Morgan fingerprint density at radius 2 is 2.11 bits per heavy atom. The molecule has 0 bridgehead atoms. The topological polar surface area (TPSA) is 38.0 Å². The molecule has 3 rings (SSSR count). The minimum absolute atomic E-state index is 0.0274. The van der Waals surface area contributed by atoms with Gasteiger partial charge in [-0.25, -0.2) is 9.82 Å². The highest BCUT2D eigenvalue weighted by atomic mass is 32.1. The highest BCUT2D eigenvalue weighted by Crippen LogP contribution is 2.36. The molecule has 0 saturated heterocycles. The first kappa shape index (κ1) is 12.7. The first-order chi connectivity index (χ1) is 9.19. The van der Waals surface area contributed by atoms with E-state index in [4.69, 9.17) is 5.84 Å². The summed E-state index contributed by atoms with van der Waals surface area (Å²) in [5.41, 5.74) is 4.08. The van der Waals surface area contributed by atoms with E-state index >= 15 is 0 Å². The fourth-order valence-corrected chi connectivity index (χ4v) is 4.34. The van der Waals surface area contributed by atoms with Gasteiger partial charge in [0.2, 0.25) is 0 Å². The Morgan fingerprint density at radius 1 is 1.26 bits per heavy atom. The van der Waals surface area contributed by atoms with E-state index in [2.05, 4.69) is 23.8 Å². The van der Waals surface area contributed by atoms with Crippen LogP contribution in [0.2, 0.25) is 0 Å². The summed E-state index contributed by atoms with van der Waals surface area (Å²) in [4.78, 5) is 2.31. The van der Waals surface area contributed by atoms with Gasteiger partial charge in [-0.1, -0.05) is 0 Å². The highest BCUT2D eigenvalue weighted by Gasteiger charge is 2.18. The van der Waals surface area contributed by atoms with Gasteiger partial charge in [0.1, 0.15) is 5.82 Å². The third-order valence-corrected chi connectivity index (χ3v) is 5.38.